The minimum Gasteiger partial charge on any atom is -0.437 e. The highest BCUT2D eigenvalue weighted by molar-refractivity contribution is 5.97. The van der Waals surface area contributed by atoms with Crippen molar-refractivity contribution in [2.24, 2.45) is 10.8 Å². The first-order valence-corrected chi connectivity index (χ1v) is 7.04. The van der Waals surface area contributed by atoms with E-state index < -0.39 is 6.35 Å². The number of H-pyrrole nitrogens is 1. The average molecular weight is 293 g/mol. The van der Waals surface area contributed by atoms with Crippen molar-refractivity contribution in [2.75, 3.05) is 0 Å². The van der Waals surface area contributed by atoms with Gasteiger partial charge in [-0.1, -0.05) is 30.3 Å². The summed E-state index contributed by atoms with van der Waals surface area (Å²) in [5, 5.41) is 6.23. The van der Waals surface area contributed by atoms with Crippen LogP contribution in [-0.2, 0) is 11.3 Å². The summed E-state index contributed by atoms with van der Waals surface area (Å²) >= 11 is 0. The lowest BCUT2D eigenvalue weighted by atomic mass is 10.2. The van der Waals surface area contributed by atoms with Gasteiger partial charge in [-0.2, -0.15) is 0 Å². The average Bonchev–Trinajstić information content (AvgIpc) is 3.15. The summed E-state index contributed by atoms with van der Waals surface area (Å²) in [6, 6.07) is 15.9. The van der Waals surface area contributed by atoms with E-state index in [4.69, 9.17) is 10.5 Å². The number of hydrazone groups is 1. The van der Waals surface area contributed by atoms with Crippen LogP contribution in [0.4, 0.5) is 0 Å². The molecule has 0 aliphatic carbocycles. The van der Waals surface area contributed by atoms with E-state index in [2.05, 4.69) is 15.1 Å². The van der Waals surface area contributed by atoms with Gasteiger partial charge in [-0.25, -0.2) is 9.99 Å². The number of nitrogens with two attached hydrogens (primary N) is 1. The predicted molar refractivity (Wildman–Crippen MR) is 83.7 cm³/mol. The summed E-state index contributed by atoms with van der Waals surface area (Å²) in [6.45, 7) is 0.607. The maximum atomic E-state index is 6.01. The molecule has 22 heavy (non-hydrogen) atoms. The van der Waals surface area contributed by atoms with Crippen LogP contribution < -0.4 is 5.73 Å². The zero-order valence-corrected chi connectivity index (χ0v) is 11.8. The van der Waals surface area contributed by atoms with Crippen LogP contribution in [0.1, 0.15) is 11.1 Å². The van der Waals surface area contributed by atoms with E-state index in [-0.39, 0.29) is 0 Å². The summed E-state index contributed by atoms with van der Waals surface area (Å²) in [5.74, 6) is 0.522. The number of fused-ring (bicyclic) bond motifs is 1. The van der Waals surface area contributed by atoms with Crippen molar-refractivity contribution in [1.29, 1.82) is 0 Å². The number of ether oxygens (including phenoxy) is 1. The number of nitrogens with zero attached hydrogens (tertiary/aromatic N) is 3. The molecular formula is C16H15N5O. The van der Waals surface area contributed by atoms with Crippen LogP contribution >= 0.6 is 0 Å². The van der Waals surface area contributed by atoms with Gasteiger partial charge in [0, 0.05) is 5.56 Å². The quantitative estimate of drug-likeness (QED) is 0.774. The zero-order chi connectivity index (χ0) is 14.9. The van der Waals surface area contributed by atoms with Crippen molar-refractivity contribution >= 4 is 16.9 Å². The molecule has 0 radical (unpaired) electrons. The van der Waals surface area contributed by atoms with Crippen molar-refractivity contribution in [2.45, 2.75) is 12.9 Å². The van der Waals surface area contributed by atoms with Gasteiger partial charge in [0.05, 0.1) is 23.9 Å². The molecule has 0 spiro atoms. The number of aromatic nitrogens is 2. The molecule has 0 amide bonds. The van der Waals surface area contributed by atoms with E-state index >= 15 is 0 Å². The van der Waals surface area contributed by atoms with Crippen LogP contribution in [-0.4, -0.2) is 27.2 Å². The molecule has 0 saturated heterocycles. The zero-order valence-electron chi connectivity index (χ0n) is 11.8. The lowest BCUT2D eigenvalue weighted by molar-refractivity contribution is 0.0569. The molecule has 1 atom stereocenters. The molecule has 1 aromatic heterocycles. The number of aromatic amines is 1. The third-order valence-corrected chi connectivity index (χ3v) is 3.60. The molecule has 110 valence electrons. The minimum absolute atomic E-state index is 0.522. The molecule has 6 nitrogen and oxygen atoms in total. The van der Waals surface area contributed by atoms with Crippen LogP contribution in [0.2, 0.25) is 0 Å². The SMILES string of the molecule is NC1OC(c2ccc3[nH]cnc3c2)=NN1Cc1ccccc1. The van der Waals surface area contributed by atoms with Gasteiger partial charge >= 0.3 is 0 Å². The number of hydrogen-bond donors (Lipinski definition) is 2. The Balaban J connectivity index is 1.60. The molecular weight excluding hydrogens is 278 g/mol. The van der Waals surface area contributed by atoms with Gasteiger partial charge < -0.3 is 9.72 Å². The van der Waals surface area contributed by atoms with Crippen molar-refractivity contribution < 1.29 is 4.74 Å². The summed E-state index contributed by atoms with van der Waals surface area (Å²) in [7, 11) is 0. The lowest BCUT2D eigenvalue weighted by Gasteiger charge is -2.17. The summed E-state index contributed by atoms with van der Waals surface area (Å²) in [4.78, 5) is 7.31. The molecule has 0 bridgehead atoms. The van der Waals surface area contributed by atoms with Crippen molar-refractivity contribution in [1.82, 2.24) is 15.0 Å². The number of nitrogens with one attached hydrogen (secondary N) is 1. The Morgan fingerprint density at radius 1 is 1.18 bits per heavy atom. The van der Waals surface area contributed by atoms with Gasteiger partial charge in [0.2, 0.25) is 12.2 Å². The van der Waals surface area contributed by atoms with Crippen LogP contribution in [0.3, 0.4) is 0 Å². The van der Waals surface area contributed by atoms with Crippen molar-refractivity contribution in [3.8, 4) is 0 Å². The predicted octanol–water partition coefficient (Wildman–Crippen LogP) is 2.00. The first kappa shape index (κ1) is 12.8. The Morgan fingerprint density at radius 3 is 2.91 bits per heavy atom. The highest BCUT2D eigenvalue weighted by Crippen LogP contribution is 2.19. The van der Waals surface area contributed by atoms with Gasteiger partial charge in [-0.3, -0.25) is 5.73 Å². The molecule has 2 aromatic carbocycles. The van der Waals surface area contributed by atoms with E-state index in [1.54, 1.807) is 11.3 Å². The second-order valence-electron chi connectivity index (χ2n) is 5.13. The van der Waals surface area contributed by atoms with Crippen LogP contribution in [0.5, 0.6) is 0 Å². The normalized spacial score (nSPS) is 17.6. The smallest absolute Gasteiger partial charge is 0.244 e. The number of rotatable bonds is 3. The Bertz CT molecular complexity index is 827. The maximum Gasteiger partial charge on any atom is 0.244 e. The van der Waals surface area contributed by atoms with Crippen LogP contribution in [0, 0.1) is 0 Å². The summed E-state index contributed by atoms with van der Waals surface area (Å²) in [5.41, 5.74) is 9.87. The van der Waals surface area contributed by atoms with Crippen molar-refractivity contribution in [3.63, 3.8) is 0 Å². The Labute approximate surface area is 127 Å². The second-order valence-corrected chi connectivity index (χ2v) is 5.13. The summed E-state index contributed by atoms with van der Waals surface area (Å²) in [6.07, 6.45) is 1.09. The van der Waals surface area contributed by atoms with Gasteiger partial charge in [0.1, 0.15) is 0 Å². The number of imidazole rings is 1. The largest absolute Gasteiger partial charge is 0.437 e. The van der Waals surface area contributed by atoms with E-state index in [0.717, 1.165) is 22.2 Å². The fraction of sp³-hybridized carbons (Fsp3) is 0.125. The Kier molecular flexibility index (Phi) is 3.01. The van der Waals surface area contributed by atoms with Crippen LogP contribution in [0.15, 0.2) is 60.0 Å². The molecule has 1 unspecified atom stereocenters. The maximum absolute atomic E-state index is 6.01. The lowest BCUT2D eigenvalue weighted by Crippen LogP contribution is -2.35. The third-order valence-electron chi connectivity index (χ3n) is 3.60. The number of hydrogen-bond acceptors (Lipinski definition) is 5. The van der Waals surface area contributed by atoms with Gasteiger partial charge in [0.15, 0.2) is 0 Å². The highest BCUT2D eigenvalue weighted by atomic mass is 16.5. The van der Waals surface area contributed by atoms with Crippen LogP contribution in [0.25, 0.3) is 11.0 Å². The topological polar surface area (TPSA) is 79.5 Å². The molecule has 1 aliphatic heterocycles. The Morgan fingerprint density at radius 2 is 2.05 bits per heavy atom. The van der Waals surface area contributed by atoms with E-state index in [1.165, 1.54) is 0 Å². The van der Waals surface area contributed by atoms with E-state index in [1.807, 2.05) is 48.5 Å². The molecule has 6 heteroatoms. The van der Waals surface area contributed by atoms with E-state index in [0.29, 0.717) is 12.4 Å². The molecule has 0 fully saturated rings. The third kappa shape index (κ3) is 2.29. The summed E-state index contributed by atoms with van der Waals surface area (Å²) < 4.78 is 5.67. The monoisotopic (exact) mass is 293 g/mol. The molecule has 0 saturated carbocycles. The number of benzene rings is 2. The molecule has 2 heterocycles. The first-order valence-electron chi connectivity index (χ1n) is 7.04. The fourth-order valence-electron chi connectivity index (χ4n) is 2.46. The fourth-order valence-corrected chi connectivity index (χ4v) is 2.46. The molecule has 4 rings (SSSR count). The van der Waals surface area contributed by atoms with E-state index in [9.17, 15) is 0 Å². The van der Waals surface area contributed by atoms with Gasteiger partial charge in [0.25, 0.3) is 0 Å². The standard InChI is InChI=1S/C16H15N5O/c17-16-21(9-11-4-2-1-3-5-11)20-15(22-16)12-6-7-13-14(8-12)19-10-18-13/h1-8,10,16H,9,17H2,(H,18,19). The first-order chi connectivity index (χ1) is 10.8. The molecule has 3 aromatic rings. The minimum atomic E-state index is -0.579. The molecule has 1 aliphatic rings. The molecule has 3 N–H and O–H groups in total. The van der Waals surface area contributed by atoms with Crippen molar-refractivity contribution in [3.05, 3.63) is 66.0 Å². The second kappa shape index (κ2) is 5.16. The highest BCUT2D eigenvalue weighted by Gasteiger charge is 2.25. The van der Waals surface area contributed by atoms with Gasteiger partial charge in [-0.15, -0.1) is 5.10 Å². The Hall–Kier alpha value is -2.86. The van der Waals surface area contributed by atoms with Gasteiger partial charge in [-0.05, 0) is 23.8 Å².